The Hall–Kier alpha value is -3.73. The van der Waals surface area contributed by atoms with Crippen LogP contribution in [0.2, 0.25) is 0 Å². The molecule has 3 aromatic rings. The van der Waals surface area contributed by atoms with Crippen molar-refractivity contribution >= 4 is 23.3 Å². The fourth-order valence-electron chi connectivity index (χ4n) is 2.90. The van der Waals surface area contributed by atoms with E-state index < -0.39 is 18.0 Å². The number of Topliss-reactive ketones (excluding diaryl/α,β-unsaturated/α-hetero) is 1. The summed E-state index contributed by atoms with van der Waals surface area (Å²) in [5, 5.41) is 2.74. The van der Waals surface area contributed by atoms with Gasteiger partial charge in [0.25, 0.3) is 5.91 Å². The minimum atomic E-state index is -1.13. The summed E-state index contributed by atoms with van der Waals surface area (Å²) in [6.07, 6.45) is -1.13. The summed E-state index contributed by atoms with van der Waals surface area (Å²) in [4.78, 5) is 37.3. The smallest absolute Gasteiger partial charge is 0.339 e. The van der Waals surface area contributed by atoms with Gasteiger partial charge >= 0.3 is 5.97 Å². The second-order valence-corrected chi connectivity index (χ2v) is 6.64. The van der Waals surface area contributed by atoms with Crippen LogP contribution in [0.15, 0.2) is 78.9 Å². The van der Waals surface area contributed by atoms with E-state index in [1.165, 1.54) is 6.92 Å². The molecule has 0 aliphatic carbocycles. The summed E-state index contributed by atoms with van der Waals surface area (Å²) >= 11 is 0. The van der Waals surface area contributed by atoms with Crippen molar-refractivity contribution in [2.75, 3.05) is 5.32 Å². The van der Waals surface area contributed by atoms with Crippen LogP contribution >= 0.6 is 0 Å². The lowest BCUT2D eigenvalue weighted by molar-refractivity contribution is -0.125. The predicted octanol–water partition coefficient (Wildman–Crippen LogP) is 4.73. The van der Waals surface area contributed by atoms with E-state index in [1.807, 2.05) is 12.1 Å². The van der Waals surface area contributed by atoms with Gasteiger partial charge in [-0.3, -0.25) is 9.59 Å². The lowest BCUT2D eigenvalue weighted by Gasteiger charge is -2.19. The van der Waals surface area contributed by atoms with Crippen molar-refractivity contribution in [3.8, 4) is 0 Å². The van der Waals surface area contributed by atoms with E-state index in [9.17, 15) is 14.4 Å². The third kappa shape index (κ3) is 4.96. The summed E-state index contributed by atoms with van der Waals surface area (Å²) < 4.78 is 5.60. The van der Waals surface area contributed by atoms with Crippen molar-refractivity contribution < 1.29 is 19.1 Å². The number of esters is 1. The number of aryl methyl sites for hydroxylation is 1. The molecule has 0 fully saturated rings. The minimum Gasteiger partial charge on any atom is -0.444 e. The number of carbonyl (C=O) groups excluding carboxylic acids is 3. The highest BCUT2D eigenvalue weighted by Gasteiger charge is 2.26. The van der Waals surface area contributed by atoms with Gasteiger partial charge in [0.1, 0.15) is 0 Å². The molecule has 0 bridgehead atoms. The number of hydrogen-bond acceptors (Lipinski definition) is 4. The van der Waals surface area contributed by atoms with Crippen LogP contribution in [-0.2, 0) is 9.53 Å². The van der Waals surface area contributed by atoms with Gasteiger partial charge in [-0.1, -0.05) is 60.7 Å². The van der Waals surface area contributed by atoms with Gasteiger partial charge in [-0.15, -0.1) is 0 Å². The standard InChI is InChI=1S/C24H21NO4/c1-16-9-6-7-14-21(16)24(28)29-22(18-10-4-3-5-11-18)23(27)25-20-13-8-12-19(15-20)17(2)26/h3-15,22H,1-2H3,(H,25,27)/t22-/m0/s1. The van der Waals surface area contributed by atoms with Crippen LogP contribution in [0.3, 0.4) is 0 Å². The maximum absolute atomic E-state index is 13.0. The Morgan fingerprint density at radius 1 is 0.862 bits per heavy atom. The first-order valence-corrected chi connectivity index (χ1v) is 9.19. The zero-order valence-corrected chi connectivity index (χ0v) is 16.2. The first kappa shape index (κ1) is 20.0. The molecule has 0 spiro atoms. The number of ketones is 1. The topological polar surface area (TPSA) is 72.5 Å². The molecule has 3 aromatic carbocycles. The van der Waals surface area contributed by atoms with Crippen LogP contribution in [0.25, 0.3) is 0 Å². The molecular weight excluding hydrogens is 366 g/mol. The maximum atomic E-state index is 13.0. The molecule has 5 heteroatoms. The van der Waals surface area contributed by atoms with Gasteiger partial charge in [0.2, 0.25) is 6.10 Å². The van der Waals surface area contributed by atoms with Crippen molar-refractivity contribution in [1.82, 2.24) is 0 Å². The first-order valence-electron chi connectivity index (χ1n) is 9.19. The average Bonchev–Trinajstić information content (AvgIpc) is 2.73. The summed E-state index contributed by atoms with van der Waals surface area (Å²) in [7, 11) is 0. The second kappa shape index (κ2) is 8.97. The van der Waals surface area contributed by atoms with Gasteiger partial charge in [0.15, 0.2) is 5.78 Å². The zero-order chi connectivity index (χ0) is 20.8. The predicted molar refractivity (Wildman–Crippen MR) is 111 cm³/mol. The van der Waals surface area contributed by atoms with E-state index in [-0.39, 0.29) is 5.78 Å². The highest BCUT2D eigenvalue weighted by atomic mass is 16.5. The van der Waals surface area contributed by atoms with Crippen LogP contribution in [0.4, 0.5) is 5.69 Å². The molecule has 1 N–H and O–H groups in total. The summed E-state index contributed by atoms with van der Waals surface area (Å²) in [6, 6.07) is 22.5. The molecule has 0 saturated carbocycles. The molecule has 0 unspecified atom stereocenters. The van der Waals surface area contributed by atoms with Gasteiger partial charge in [-0.05, 0) is 37.6 Å². The average molecular weight is 387 g/mol. The number of nitrogens with one attached hydrogen (secondary N) is 1. The Kier molecular flexibility index (Phi) is 6.19. The Morgan fingerprint density at radius 3 is 2.24 bits per heavy atom. The van der Waals surface area contributed by atoms with Crippen LogP contribution in [-0.4, -0.2) is 17.7 Å². The van der Waals surface area contributed by atoms with Crippen molar-refractivity contribution in [1.29, 1.82) is 0 Å². The summed E-state index contributed by atoms with van der Waals surface area (Å²) in [6.45, 7) is 3.26. The summed E-state index contributed by atoms with van der Waals surface area (Å²) in [5.74, 6) is -1.19. The van der Waals surface area contributed by atoms with Crippen LogP contribution < -0.4 is 5.32 Å². The Labute approximate surface area is 169 Å². The maximum Gasteiger partial charge on any atom is 0.339 e. The summed E-state index contributed by atoms with van der Waals surface area (Å²) in [5.41, 5.74) is 2.65. The quantitative estimate of drug-likeness (QED) is 0.490. The zero-order valence-electron chi connectivity index (χ0n) is 16.2. The number of hydrogen-bond donors (Lipinski definition) is 1. The number of anilines is 1. The van der Waals surface area contributed by atoms with E-state index in [4.69, 9.17) is 4.74 Å². The highest BCUT2D eigenvalue weighted by Crippen LogP contribution is 2.23. The fourth-order valence-corrected chi connectivity index (χ4v) is 2.90. The van der Waals surface area contributed by atoms with E-state index in [0.29, 0.717) is 22.4 Å². The molecule has 146 valence electrons. The third-order valence-corrected chi connectivity index (χ3v) is 4.47. The van der Waals surface area contributed by atoms with Gasteiger partial charge in [0, 0.05) is 16.8 Å². The van der Waals surface area contributed by atoms with Gasteiger partial charge in [-0.25, -0.2) is 4.79 Å². The normalized spacial score (nSPS) is 11.4. The Morgan fingerprint density at radius 2 is 1.55 bits per heavy atom. The van der Waals surface area contributed by atoms with Crippen LogP contribution in [0.5, 0.6) is 0 Å². The van der Waals surface area contributed by atoms with E-state index in [1.54, 1.807) is 73.7 Å². The molecule has 0 aliphatic heterocycles. The largest absolute Gasteiger partial charge is 0.444 e. The molecule has 0 heterocycles. The molecule has 1 atom stereocenters. The molecule has 0 radical (unpaired) electrons. The second-order valence-electron chi connectivity index (χ2n) is 6.64. The number of rotatable bonds is 6. The van der Waals surface area contributed by atoms with E-state index >= 15 is 0 Å². The van der Waals surface area contributed by atoms with Crippen molar-refractivity contribution in [3.63, 3.8) is 0 Å². The molecule has 5 nitrogen and oxygen atoms in total. The van der Waals surface area contributed by atoms with E-state index in [2.05, 4.69) is 5.32 Å². The lowest BCUT2D eigenvalue weighted by Crippen LogP contribution is -2.26. The van der Waals surface area contributed by atoms with Gasteiger partial charge < -0.3 is 10.1 Å². The molecule has 3 rings (SSSR count). The molecular formula is C24H21NO4. The van der Waals surface area contributed by atoms with Gasteiger partial charge in [0.05, 0.1) is 5.56 Å². The van der Waals surface area contributed by atoms with Crippen LogP contribution in [0.1, 0.15) is 44.9 Å². The Balaban J connectivity index is 1.87. The van der Waals surface area contributed by atoms with Gasteiger partial charge in [-0.2, -0.15) is 0 Å². The Bertz CT molecular complexity index is 1040. The molecule has 0 saturated heterocycles. The first-order chi connectivity index (χ1) is 14.0. The SMILES string of the molecule is CC(=O)c1cccc(NC(=O)[C@@H](OC(=O)c2ccccc2C)c2ccccc2)c1. The monoisotopic (exact) mass is 387 g/mol. The highest BCUT2D eigenvalue weighted by molar-refractivity contribution is 6.00. The number of amides is 1. The number of ether oxygens (including phenoxy) is 1. The lowest BCUT2D eigenvalue weighted by atomic mass is 10.1. The minimum absolute atomic E-state index is 0.105. The van der Waals surface area contributed by atoms with Crippen molar-refractivity contribution in [2.24, 2.45) is 0 Å². The molecule has 0 aromatic heterocycles. The molecule has 0 aliphatic rings. The fraction of sp³-hybridized carbons (Fsp3) is 0.125. The van der Waals surface area contributed by atoms with E-state index in [0.717, 1.165) is 5.56 Å². The van der Waals surface area contributed by atoms with Crippen molar-refractivity contribution in [2.45, 2.75) is 20.0 Å². The molecule has 29 heavy (non-hydrogen) atoms. The number of carbonyl (C=O) groups is 3. The van der Waals surface area contributed by atoms with Crippen molar-refractivity contribution in [3.05, 3.63) is 101 Å². The van der Waals surface area contributed by atoms with Crippen LogP contribution in [0, 0.1) is 6.92 Å². The molecule has 1 amide bonds. The third-order valence-electron chi connectivity index (χ3n) is 4.47. The number of benzene rings is 3.